The first-order valence-electron chi connectivity index (χ1n) is 10.9. The van der Waals surface area contributed by atoms with E-state index in [1.807, 2.05) is 6.07 Å². The highest BCUT2D eigenvalue weighted by Crippen LogP contribution is 2.33. The average Bonchev–Trinajstić information content (AvgIpc) is 2.88. The molecule has 1 atom stereocenters. The summed E-state index contributed by atoms with van der Waals surface area (Å²) in [7, 11) is 3.08. The van der Waals surface area contributed by atoms with Gasteiger partial charge in [-0.05, 0) is 66.2 Å². The number of thioether (sulfide) groups is 1. The first-order valence-corrected chi connectivity index (χ1v) is 12.2. The minimum Gasteiger partial charge on any atom is -0.493 e. The minimum atomic E-state index is -0.700. The van der Waals surface area contributed by atoms with Crippen molar-refractivity contribution in [3.63, 3.8) is 0 Å². The zero-order chi connectivity index (χ0) is 25.7. The van der Waals surface area contributed by atoms with Gasteiger partial charge in [-0.15, -0.1) is 0 Å². The predicted octanol–water partition coefficient (Wildman–Crippen LogP) is 5.66. The molecule has 1 saturated heterocycles. The SMILES string of the molecule is COc1ccc(CN2C(=O)CC(C(=O)Nc3ccc(Cl)cc3)SC2=Nc2ccc(F)cc2)cc1OC. The number of anilines is 1. The molecule has 3 aromatic carbocycles. The van der Waals surface area contributed by atoms with E-state index < -0.39 is 11.1 Å². The van der Waals surface area contributed by atoms with Crippen LogP contribution in [0.5, 0.6) is 11.5 Å². The van der Waals surface area contributed by atoms with Crippen LogP contribution in [0.1, 0.15) is 12.0 Å². The van der Waals surface area contributed by atoms with E-state index in [0.717, 1.165) is 5.56 Å². The lowest BCUT2D eigenvalue weighted by Gasteiger charge is -2.32. The van der Waals surface area contributed by atoms with Crippen LogP contribution in [0.2, 0.25) is 5.02 Å². The van der Waals surface area contributed by atoms with Gasteiger partial charge in [-0.2, -0.15) is 0 Å². The van der Waals surface area contributed by atoms with Gasteiger partial charge in [-0.25, -0.2) is 9.38 Å². The van der Waals surface area contributed by atoms with E-state index in [9.17, 15) is 14.0 Å². The average molecular weight is 528 g/mol. The number of amides is 2. The van der Waals surface area contributed by atoms with Gasteiger partial charge in [0.2, 0.25) is 11.8 Å². The number of amidine groups is 1. The lowest BCUT2D eigenvalue weighted by atomic mass is 10.1. The molecular formula is C26H23ClFN3O4S. The van der Waals surface area contributed by atoms with E-state index in [-0.39, 0.29) is 24.8 Å². The standard InChI is InChI=1S/C26H23ClFN3O4S/c1-34-21-12-3-16(13-22(21)35-2)15-31-24(32)14-23(25(33)29-19-8-4-17(27)5-9-19)36-26(31)30-20-10-6-18(28)7-11-20/h3-13,23H,14-15H2,1-2H3,(H,29,33). The van der Waals surface area contributed by atoms with E-state index in [1.54, 1.807) is 43.5 Å². The largest absolute Gasteiger partial charge is 0.493 e. The quantitative estimate of drug-likeness (QED) is 0.429. The Morgan fingerprint density at radius 1 is 1.08 bits per heavy atom. The summed E-state index contributed by atoms with van der Waals surface area (Å²) in [6, 6.07) is 17.7. The highest BCUT2D eigenvalue weighted by atomic mass is 35.5. The highest BCUT2D eigenvalue weighted by Gasteiger charge is 2.36. The van der Waals surface area contributed by atoms with Crippen molar-refractivity contribution in [2.24, 2.45) is 4.99 Å². The summed E-state index contributed by atoms with van der Waals surface area (Å²) < 4.78 is 24.1. The Morgan fingerprint density at radius 3 is 2.44 bits per heavy atom. The normalized spacial score (nSPS) is 16.7. The molecule has 2 amide bonds. The molecule has 1 fully saturated rings. The lowest BCUT2D eigenvalue weighted by Crippen LogP contribution is -2.44. The number of carbonyl (C=O) groups excluding carboxylic acids is 2. The molecule has 10 heteroatoms. The predicted molar refractivity (Wildman–Crippen MR) is 140 cm³/mol. The first kappa shape index (κ1) is 25.5. The molecule has 3 aromatic rings. The Hall–Kier alpha value is -3.56. The van der Waals surface area contributed by atoms with Crippen LogP contribution in [0.3, 0.4) is 0 Å². The zero-order valence-corrected chi connectivity index (χ0v) is 21.1. The molecule has 0 aliphatic carbocycles. The van der Waals surface area contributed by atoms with Gasteiger partial charge in [0.05, 0.1) is 26.5 Å². The number of rotatable bonds is 7. The summed E-state index contributed by atoms with van der Waals surface area (Å²) in [5.41, 5.74) is 1.82. The van der Waals surface area contributed by atoms with Crippen LogP contribution in [-0.4, -0.2) is 41.4 Å². The molecule has 0 radical (unpaired) electrons. The maximum absolute atomic E-state index is 13.4. The fraction of sp³-hybridized carbons (Fsp3) is 0.192. The minimum absolute atomic E-state index is 0.0141. The smallest absolute Gasteiger partial charge is 0.238 e. The number of halogens is 2. The Morgan fingerprint density at radius 2 is 1.78 bits per heavy atom. The Balaban J connectivity index is 1.61. The van der Waals surface area contributed by atoms with Crippen molar-refractivity contribution in [1.82, 2.24) is 4.90 Å². The molecule has 1 heterocycles. The van der Waals surface area contributed by atoms with Gasteiger partial charge in [0.1, 0.15) is 11.1 Å². The molecule has 4 rings (SSSR count). The van der Waals surface area contributed by atoms with Crippen molar-refractivity contribution in [3.8, 4) is 11.5 Å². The van der Waals surface area contributed by atoms with Crippen molar-refractivity contribution in [2.45, 2.75) is 18.2 Å². The number of nitrogens with zero attached hydrogens (tertiary/aromatic N) is 2. The number of benzene rings is 3. The molecule has 186 valence electrons. The van der Waals surface area contributed by atoms with Crippen LogP contribution in [-0.2, 0) is 16.1 Å². The third-order valence-electron chi connectivity index (χ3n) is 5.38. The third-order valence-corrected chi connectivity index (χ3v) is 6.82. The van der Waals surface area contributed by atoms with Crippen LogP contribution < -0.4 is 14.8 Å². The van der Waals surface area contributed by atoms with Gasteiger partial charge in [-0.3, -0.25) is 14.5 Å². The van der Waals surface area contributed by atoms with Gasteiger partial charge in [0.15, 0.2) is 16.7 Å². The molecular weight excluding hydrogens is 505 g/mol. The summed E-state index contributed by atoms with van der Waals surface area (Å²) >= 11 is 7.10. The van der Waals surface area contributed by atoms with Crippen LogP contribution >= 0.6 is 23.4 Å². The maximum atomic E-state index is 13.4. The molecule has 36 heavy (non-hydrogen) atoms. The van der Waals surface area contributed by atoms with E-state index in [1.165, 1.54) is 48.0 Å². The number of hydrogen-bond acceptors (Lipinski definition) is 6. The second kappa shape index (κ2) is 11.5. The fourth-order valence-electron chi connectivity index (χ4n) is 3.54. The van der Waals surface area contributed by atoms with Crippen molar-refractivity contribution < 1.29 is 23.5 Å². The lowest BCUT2D eigenvalue weighted by molar-refractivity contribution is -0.129. The fourth-order valence-corrected chi connectivity index (χ4v) is 4.76. The van der Waals surface area contributed by atoms with E-state index in [0.29, 0.717) is 33.1 Å². The number of ether oxygens (including phenoxy) is 2. The van der Waals surface area contributed by atoms with Gasteiger partial charge in [0.25, 0.3) is 0 Å². The highest BCUT2D eigenvalue weighted by molar-refractivity contribution is 8.15. The summed E-state index contributed by atoms with van der Waals surface area (Å²) in [6.07, 6.45) is -0.0141. The summed E-state index contributed by atoms with van der Waals surface area (Å²) in [5.74, 6) is 0.117. The zero-order valence-electron chi connectivity index (χ0n) is 19.5. The third kappa shape index (κ3) is 6.16. The molecule has 1 aliphatic rings. The number of hydrogen-bond donors (Lipinski definition) is 1. The Labute approximate surface area is 217 Å². The van der Waals surface area contributed by atoms with Crippen LogP contribution in [0.25, 0.3) is 0 Å². The number of carbonyl (C=O) groups is 2. The Kier molecular flexibility index (Phi) is 8.12. The van der Waals surface area contributed by atoms with Crippen molar-refractivity contribution in [1.29, 1.82) is 0 Å². The van der Waals surface area contributed by atoms with Gasteiger partial charge >= 0.3 is 0 Å². The monoisotopic (exact) mass is 527 g/mol. The van der Waals surface area contributed by atoms with Gasteiger partial charge in [0, 0.05) is 17.1 Å². The second-order valence-corrected chi connectivity index (χ2v) is 9.45. The number of nitrogens with one attached hydrogen (secondary N) is 1. The van der Waals surface area contributed by atoms with Crippen molar-refractivity contribution in [3.05, 3.63) is 83.1 Å². The Bertz CT molecular complexity index is 1290. The molecule has 7 nitrogen and oxygen atoms in total. The van der Waals surface area contributed by atoms with Crippen LogP contribution in [0.4, 0.5) is 15.8 Å². The first-order chi connectivity index (χ1) is 17.4. The van der Waals surface area contributed by atoms with Crippen LogP contribution in [0, 0.1) is 5.82 Å². The molecule has 0 saturated carbocycles. The number of aliphatic imine (C=N–C) groups is 1. The van der Waals surface area contributed by atoms with E-state index in [4.69, 9.17) is 21.1 Å². The molecule has 0 bridgehead atoms. The van der Waals surface area contributed by atoms with Gasteiger partial charge < -0.3 is 14.8 Å². The maximum Gasteiger partial charge on any atom is 0.238 e. The van der Waals surface area contributed by atoms with Gasteiger partial charge in [-0.1, -0.05) is 29.4 Å². The van der Waals surface area contributed by atoms with Crippen LogP contribution in [0.15, 0.2) is 71.7 Å². The second-order valence-electron chi connectivity index (χ2n) is 7.85. The molecule has 1 N–H and O–H groups in total. The molecule has 1 aliphatic heterocycles. The topological polar surface area (TPSA) is 80.2 Å². The summed E-state index contributed by atoms with van der Waals surface area (Å²) in [6.45, 7) is 0.206. The summed E-state index contributed by atoms with van der Waals surface area (Å²) in [5, 5.41) is 3.01. The molecule has 0 aromatic heterocycles. The van der Waals surface area contributed by atoms with E-state index >= 15 is 0 Å². The molecule has 1 unspecified atom stereocenters. The van der Waals surface area contributed by atoms with E-state index in [2.05, 4.69) is 10.3 Å². The van der Waals surface area contributed by atoms with Crippen molar-refractivity contribution in [2.75, 3.05) is 19.5 Å². The van der Waals surface area contributed by atoms with Crippen molar-refractivity contribution >= 4 is 51.7 Å². The number of methoxy groups -OCH3 is 2. The summed E-state index contributed by atoms with van der Waals surface area (Å²) in [4.78, 5) is 32.3. The molecule has 0 spiro atoms.